The van der Waals surface area contributed by atoms with Crippen LogP contribution in [0.2, 0.25) is 0 Å². The molecule has 0 saturated carbocycles. The molecule has 3 aromatic rings. The van der Waals surface area contributed by atoms with Gasteiger partial charge in [0, 0.05) is 43.1 Å². The zero-order valence-corrected chi connectivity index (χ0v) is 14.8. The van der Waals surface area contributed by atoms with E-state index in [4.69, 9.17) is 4.74 Å². The third-order valence-electron chi connectivity index (χ3n) is 4.35. The molecule has 1 aliphatic heterocycles. The second-order valence-corrected chi connectivity index (χ2v) is 6.50. The maximum absolute atomic E-state index is 12.3. The summed E-state index contributed by atoms with van der Waals surface area (Å²) in [5.41, 5.74) is 1.91. The van der Waals surface area contributed by atoms with Gasteiger partial charge in [-0.25, -0.2) is 9.97 Å². The standard InChI is InChI=1S/C18H18F3N5O2/c19-18(20,21)10-28-17-22-4-1-13(26-17)15-7-11-9-23-16(8-14(11)25-15)24-12-2-5-27-6-3-12/h1,4,7-9,12,25H,2-3,5-6,10H2,(H,23,24). The lowest BCUT2D eigenvalue weighted by atomic mass is 10.1. The lowest BCUT2D eigenvalue weighted by Crippen LogP contribution is -2.28. The summed E-state index contributed by atoms with van der Waals surface area (Å²) < 4.78 is 46.9. The van der Waals surface area contributed by atoms with Crippen molar-refractivity contribution in [2.45, 2.75) is 25.1 Å². The van der Waals surface area contributed by atoms with Crippen LogP contribution in [0.4, 0.5) is 19.0 Å². The van der Waals surface area contributed by atoms with E-state index in [1.165, 1.54) is 6.20 Å². The Bertz CT molecular complexity index is 954. The number of rotatable bonds is 5. The van der Waals surface area contributed by atoms with Crippen molar-refractivity contribution < 1.29 is 22.6 Å². The Balaban J connectivity index is 1.52. The number of hydrogen-bond acceptors (Lipinski definition) is 6. The molecule has 0 atom stereocenters. The molecule has 1 fully saturated rings. The maximum Gasteiger partial charge on any atom is 0.422 e. The Morgan fingerprint density at radius 3 is 2.82 bits per heavy atom. The van der Waals surface area contributed by atoms with Gasteiger partial charge >= 0.3 is 12.2 Å². The number of H-pyrrole nitrogens is 1. The molecular weight excluding hydrogens is 375 g/mol. The van der Waals surface area contributed by atoms with Crippen molar-refractivity contribution >= 4 is 16.7 Å². The van der Waals surface area contributed by atoms with E-state index in [1.54, 1.807) is 12.3 Å². The van der Waals surface area contributed by atoms with E-state index >= 15 is 0 Å². The molecule has 4 rings (SSSR count). The minimum atomic E-state index is -4.44. The highest BCUT2D eigenvalue weighted by Gasteiger charge is 2.29. The molecule has 3 aromatic heterocycles. The Morgan fingerprint density at radius 1 is 1.21 bits per heavy atom. The number of anilines is 1. The number of halogens is 3. The van der Waals surface area contributed by atoms with Gasteiger partial charge in [-0.1, -0.05) is 0 Å². The second kappa shape index (κ2) is 7.63. The van der Waals surface area contributed by atoms with E-state index in [-0.39, 0.29) is 6.01 Å². The van der Waals surface area contributed by atoms with E-state index in [9.17, 15) is 13.2 Å². The summed E-state index contributed by atoms with van der Waals surface area (Å²) in [6, 6.07) is 5.32. The first-order valence-corrected chi connectivity index (χ1v) is 8.82. The highest BCUT2D eigenvalue weighted by Crippen LogP contribution is 2.25. The average Bonchev–Trinajstić information content (AvgIpc) is 3.10. The van der Waals surface area contributed by atoms with Crippen LogP contribution in [0.25, 0.3) is 22.3 Å². The molecule has 148 valence electrons. The van der Waals surface area contributed by atoms with Crippen LogP contribution < -0.4 is 10.1 Å². The van der Waals surface area contributed by atoms with Gasteiger partial charge in [-0.15, -0.1) is 0 Å². The Morgan fingerprint density at radius 2 is 2.04 bits per heavy atom. The van der Waals surface area contributed by atoms with Crippen LogP contribution in [0.5, 0.6) is 6.01 Å². The summed E-state index contributed by atoms with van der Waals surface area (Å²) in [4.78, 5) is 15.4. The summed E-state index contributed by atoms with van der Waals surface area (Å²) in [7, 11) is 0. The quantitative estimate of drug-likeness (QED) is 0.690. The molecule has 7 nitrogen and oxygen atoms in total. The smallest absolute Gasteiger partial charge is 0.422 e. The van der Waals surface area contributed by atoms with E-state index in [0.29, 0.717) is 17.4 Å². The van der Waals surface area contributed by atoms with Gasteiger partial charge in [-0.2, -0.15) is 18.2 Å². The van der Waals surface area contributed by atoms with E-state index in [0.717, 1.165) is 42.8 Å². The molecule has 0 spiro atoms. The van der Waals surface area contributed by atoms with Crippen LogP contribution in [0.15, 0.2) is 30.6 Å². The third kappa shape index (κ3) is 4.50. The Hall–Kier alpha value is -2.88. The number of fused-ring (bicyclic) bond motifs is 1. The molecule has 4 heterocycles. The number of ether oxygens (including phenoxy) is 2. The van der Waals surface area contributed by atoms with Crippen LogP contribution >= 0.6 is 0 Å². The van der Waals surface area contributed by atoms with E-state index in [2.05, 4.69) is 30.0 Å². The fourth-order valence-electron chi connectivity index (χ4n) is 3.00. The first-order chi connectivity index (χ1) is 13.5. The lowest BCUT2D eigenvalue weighted by Gasteiger charge is -2.23. The first kappa shape index (κ1) is 18.5. The van der Waals surface area contributed by atoms with Gasteiger partial charge in [0.15, 0.2) is 6.61 Å². The molecule has 28 heavy (non-hydrogen) atoms. The predicted octanol–water partition coefficient (Wildman–Crippen LogP) is 3.55. The predicted molar refractivity (Wildman–Crippen MR) is 96.1 cm³/mol. The van der Waals surface area contributed by atoms with Crippen molar-refractivity contribution in [3.05, 3.63) is 30.6 Å². The second-order valence-electron chi connectivity index (χ2n) is 6.50. The molecule has 2 N–H and O–H groups in total. The summed E-state index contributed by atoms with van der Waals surface area (Å²) in [6.07, 6.45) is 0.504. The number of alkyl halides is 3. The molecule has 1 saturated heterocycles. The van der Waals surface area contributed by atoms with Gasteiger partial charge in [0.05, 0.1) is 16.9 Å². The summed E-state index contributed by atoms with van der Waals surface area (Å²) in [5, 5.41) is 4.26. The minimum absolute atomic E-state index is 0.323. The number of pyridine rings is 1. The van der Waals surface area contributed by atoms with Gasteiger partial charge in [-0.05, 0) is 25.0 Å². The zero-order chi connectivity index (χ0) is 19.6. The largest absolute Gasteiger partial charge is 0.454 e. The van der Waals surface area contributed by atoms with Gasteiger partial charge < -0.3 is 19.8 Å². The summed E-state index contributed by atoms with van der Waals surface area (Å²) in [5.74, 6) is 0.754. The van der Waals surface area contributed by atoms with E-state index in [1.807, 2.05) is 12.1 Å². The van der Waals surface area contributed by atoms with Crippen molar-refractivity contribution in [2.24, 2.45) is 0 Å². The maximum atomic E-state index is 12.3. The highest BCUT2D eigenvalue weighted by atomic mass is 19.4. The van der Waals surface area contributed by atoms with Crippen molar-refractivity contribution in [1.29, 1.82) is 0 Å². The van der Waals surface area contributed by atoms with Crippen LogP contribution in [-0.4, -0.2) is 52.0 Å². The molecule has 0 unspecified atom stereocenters. The fraction of sp³-hybridized carbons (Fsp3) is 0.389. The number of nitrogens with one attached hydrogen (secondary N) is 2. The van der Waals surface area contributed by atoms with Crippen molar-refractivity contribution in [3.63, 3.8) is 0 Å². The van der Waals surface area contributed by atoms with Crippen LogP contribution in [0, 0.1) is 0 Å². The fourth-order valence-corrected chi connectivity index (χ4v) is 3.00. The molecule has 0 bridgehead atoms. The lowest BCUT2D eigenvalue weighted by molar-refractivity contribution is -0.154. The van der Waals surface area contributed by atoms with Crippen molar-refractivity contribution in [1.82, 2.24) is 19.9 Å². The normalized spacial score (nSPS) is 15.7. The molecule has 0 aliphatic carbocycles. The van der Waals surface area contributed by atoms with Crippen LogP contribution in [0.3, 0.4) is 0 Å². The Labute approximate surface area is 158 Å². The molecule has 0 aromatic carbocycles. The monoisotopic (exact) mass is 393 g/mol. The number of hydrogen-bond donors (Lipinski definition) is 2. The van der Waals surface area contributed by atoms with Crippen molar-refractivity contribution in [3.8, 4) is 17.4 Å². The first-order valence-electron chi connectivity index (χ1n) is 8.82. The Kier molecular flexibility index (Phi) is 5.03. The zero-order valence-electron chi connectivity index (χ0n) is 14.8. The number of nitrogens with zero attached hydrogens (tertiary/aromatic N) is 3. The van der Waals surface area contributed by atoms with Crippen molar-refractivity contribution in [2.75, 3.05) is 25.1 Å². The van der Waals surface area contributed by atoms with Gasteiger partial charge in [0.2, 0.25) is 0 Å². The van der Waals surface area contributed by atoms with Crippen LogP contribution in [0.1, 0.15) is 12.8 Å². The average molecular weight is 393 g/mol. The van der Waals surface area contributed by atoms with Gasteiger partial charge in [0.1, 0.15) is 5.82 Å². The van der Waals surface area contributed by atoms with Crippen LogP contribution in [-0.2, 0) is 4.74 Å². The molecular formula is C18H18F3N5O2. The molecule has 10 heteroatoms. The van der Waals surface area contributed by atoms with Gasteiger partial charge in [0.25, 0.3) is 0 Å². The summed E-state index contributed by atoms with van der Waals surface area (Å²) in [6.45, 7) is 0.0341. The number of aromatic amines is 1. The molecule has 1 aliphatic rings. The number of aromatic nitrogens is 4. The third-order valence-corrected chi connectivity index (χ3v) is 4.35. The molecule has 0 amide bonds. The topological polar surface area (TPSA) is 85.0 Å². The SMILES string of the molecule is FC(F)(F)COc1nccc(-c2cc3cnc(NC4CCOCC4)cc3[nH]2)n1. The molecule has 0 radical (unpaired) electrons. The van der Waals surface area contributed by atoms with E-state index < -0.39 is 12.8 Å². The van der Waals surface area contributed by atoms with Gasteiger partial charge in [-0.3, -0.25) is 0 Å². The summed E-state index contributed by atoms with van der Waals surface area (Å²) >= 11 is 0. The minimum Gasteiger partial charge on any atom is -0.454 e. The highest BCUT2D eigenvalue weighted by molar-refractivity contribution is 5.86.